The summed E-state index contributed by atoms with van der Waals surface area (Å²) in [6.07, 6.45) is 3.53. The lowest BCUT2D eigenvalue weighted by Crippen LogP contribution is -2.46. The molecule has 0 aromatic heterocycles. The lowest BCUT2D eigenvalue weighted by molar-refractivity contribution is 0.0909. The first-order chi connectivity index (χ1) is 15.0. The average molecular weight is 607 g/mol. The summed E-state index contributed by atoms with van der Waals surface area (Å²) >= 11 is 14.9. The van der Waals surface area contributed by atoms with E-state index in [4.69, 9.17) is 27.9 Å². The highest BCUT2D eigenvalue weighted by molar-refractivity contribution is 14.1. The molecule has 2 N–H and O–H groups in total. The van der Waals surface area contributed by atoms with E-state index in [9.17, 15) is 9.59 Å². The molecule has 0 aliphatic carbocycles. The molecular weight excluding hydrogens is 582 g/mol. The number of rotatable bonds is 9. The van der Waals surface area contributed by atoms with Crippen LogP contribution in [-0.4, -0.2) is 36.0 Å². The van der Waals surface area contributed by atoms with Gasteiger partial charge in [0.05, 0.1) is 11.1 Å². The number of nitrogens with one attached hydrogen (secondary N) is 2. The highest BCUT2D eigenvalue weighted by Gasteiger charge is 2.25. The van der Waals surface area contributed by atoms with Gasteiger partial charge in [-0.3, -0.25) is 9.59 Å². The molecule has 2 rings (SSSR count). The van der Waals surface area contributed by atoms with Crippen molar-refractivity contribution >= 4 is 75.1 Å². The summed E-state index contributed by atoms with van der Waals surface area (Å²) in [6, 6.07) is 10.5. The first kappa shape index (κ1) is 26.8. The highest BCUT2D eigenvalue weighted by atomic mass is 127. The summed E-state index contributed by atoms with van der Waals surface area (Å²) < 4.78 is 6.46. The highest BCUT2D eigenvalue weighted by Crippen LogP contribution is 2.24. The molecule has 0 aliphatic rings. The van der Waals surface area contributed by atoms with Crippen LogP contribution in [0.4, 0.5) is 5.69 Å². The van der Waals surface area contributed by atoms with Crippen LogP contribution in [0, 0.1) is 10.5 Å². The van der Waals surface area contributed by atoms with Crippen LogP contribution in [0.5, 0.6) is 5.75 Å². The fourth-order valence-corrected chi connectivity index (χ4v) is 4.66. The Bertz CT molecular complexity index is 1020. The molecule has 2 aromatic rings. The van der Waals surface area contributed by atoms with Crippen LogP contribution in [-0.2, 0) is 0 Å². The van der Waals surface area contributed by atoms with E-state index in [2.05, 4.69) is 33.2 Å². The van der Waals surface area contributed by atoms with E-state index in [1.807, 2.05) is 33.1 Å². The van der Waals surface area contributed by atoms with Crippen molar-refractivity contribution in [2.24, 2.45) is 0 Å². The fraction of sp³-hybridized carbons (Fsp3) is 0.304. The molecule has 9 heteroatoms. The van der Waals surface area contributed by atoms with Crippen LogP contribution in [0.2, 0.25) is 0 Å². The molecule has 0 unspecified atom stereocenters. The minimum absolute atomic E-state index is 0.140. The van der Waals surface area contributed by atoms with Crippen LogP contribution >= 0.6 is 57.6 Å². The van der Waals surface area contributed by atoms with Crippen LogP contribution < -0.4 is 15.4 Å². The zero-order chi connectivity index (χ0) is 23.9. The molecule has 172 valence electrons. The molecule has 32 heavy (non-hydrogen) atoms. The fourth-order valence-electron chi connectivity index (χ4n) is 2.99. The molecule has 2 aromatic carbocycles. The molecule has 0 aliphatic heterocycles. The van der Waals surface area contributed by atoms with Gasteiger partial charge in [0.15, 0.2) is 0 Å². The predicted molar refractivity (Wildman–Crippen MR) is 144 cm³/mol. The van der Waals surface area contributed by atoms with Crippen molar-refractivity contribution in [3.8, 4) is 5.75 Å². The zero-order valence-electron chi connectivity index (χ0n) is 18.2. The van der Waals surface area contributed by atoms with Gasteiger partial charge in [0, 0.05) is 20.5 Å². The normalized spacial score (nSPS) is 11.0. The molecule has 0 saturated heterocycles. The molecule has 5 nitrogen and oxygen atoms in total. The summed E-state index contributed by atoms with van der Waals surface area (Å²) in [5.41, 5.74) is 1.70. The number of hydrogen-bond donors (Lipinski definition) is 2. The number of carbonyl (C=O) groups is 2. The minimum Gasteiger partial charge on any atom is -0.489 e. The van der Waals surface area contributed by atoms with E-state index < -0.39 is 5.54 Å². The monoisotopic (exact) mass is 606 g/mol. The van der Waals surface area contributed by atoms with Crippen LogP contribution in [0.1, 0.15) is 40.1 Å². The van der Waals surface area contributed by atoms with Gasteiger partial charge in [-0.25, -0.2) is 0 Å². The molecular formula is C23H25Cl2IN2O3S. The topological polar surface area (TPSA) is 67.4 Å². The largest absolute Gasteiger partial charge is 0.489 e. The van der Waals surface area contributed by atoms with E-state index in [1.54, 1.807) is 48.2 Å². The van der Waals surface area contributed by atoms with Crippen molar-refractivity contribution in [2.75, 3.05) is 23.9 Å². The Balaban J connectivity index is 2.22. The third-order valence-electron chi connectivity index (χ3n) is 4.35. The lowest BCUT2D eigenvalue weighted by atomic mass is 10.0. The van der Waals surface area contributed by atoms with Gasteiger partial charge in [-0.2, -0.15) is 11.8 Å². The molecule has 0 heterocycles. The third kappa shape index (κ3) is 7.86. The Morgan fingerprint density at radius 2 is 1.91 bits per heavy atom. The number of benzene rings is 2. The SMILES string of the molecule is CSCC(C)(C)NC(=O)c1c(I)cccc1C(=O)Nc1ccc(OCC=C(Cl)Cl)c(C)c1. The van der Waals surface area contributed by atoms with Crippen molar-refractivity contribution in [1.82, 2.24) is 5.32 Å². The number of hydrogen-bond acceptors (Lipinski definition) is 4. The number of aryl methyl sites for hydroxylation is 1. The van der Waals surface area contributed by atoms with E-state index in [1.165, 1.54) is 0 Å². The molecule has 0 saturated carbocycles. The number of thioether (sulfide) groups is 1. The summed E-state index contributed by atoms with van der Waals surface area (Å²) in [7, 11) is 0. The molecule has 0 radical (unpaired) electrons. The van der Waals surface area contributed by atoms with Gasteiger partial charge in [0.25, 0.3) is 11.8 Å². The number of anilines is 1. The van der Waals surface area contributed by atoms with E-state index in [-0.39, 0.29) is 22.9 Å². The van der Waals surface area contributed by atoms with Crippen molar-refractivity contribution < 1.29 is 14.3 Å². The summed E-state index contributed by atoms with van der Waals surface area (Å²) in [5, 5.41) is 5.91. The second-order valence-electron chi connectivity index (χ2n) is 7.67. The molecule has 2 amide bonds. The Kier molecular flexibility index (Phi) is 10.2. The summed E-state index contributed by atoms with van der Waals surface area (Å²) in [5.74, 6) is 0.773. The molecule has 0 atom stereocenters. The second kappa shape index (κ2) is 12.2. The maximum Gasteiger partial charge on any atom is 0.256 e. The first-order valence-corrected chi connectivity index (χ1v) is 12.9. The Morgan fingerprint density at radius 3 is 2.53 bits per heavy atom. The van der Waals surface area contributed by atoms with Gasteiger partial charge in [-0.1, -0.05) is 29.3 Å². The Morgan fingerprint density at radius 1 is 1.19 bits per heavy atom. The standard InChI is InChI=1S/C23H25Cl2IN2O3S/c1-14-12-15(8-9-18(14)31-11-10-19(24)25)27-21(29)16-6-5-7-17(26)20(16)22(30)28-23(2,3)13-32-4/h5-10,12H,11,13H2,1-4H3,(H,27,29)(H,28,30). The van der Waals surface area contributed by atoms with Crippen LogP contribution in [0.25, 0.3) is 0 Å². The second-order valence-corrected chi connectivity index (χ2v) is 10.7. The van der Waals surface area contributed by atoms with Gasteiger partial charge in [0.2, 0.25) is 0 Å². The number of amides is 2. The summed E-state index contributed by atoms with van der Waals surface area (Å²) in [4.78, 5) is 26.1. The summed E-state index contributed by atoms with van der Waals surface area (Å²) in [6.45, 7) is 6.03. The smallest absolute Gasteiger partial charge is 0.256 e. The van der Waals surface area contributed by atoms with Gasteiger partial charge >= 0.3 is 0 Å². The van der Waals surface area contributed by atoms with Gasteiger partial charge in [0.1, 0.15) is 16.8 Å². The van der Waals surface area contributed by atoms with Crippen LogP contribution in [0.15, 0.2) is 47.0 Å². The average Bonchev–Trinajstić information content (AvgIpc) is 2.68. The zero-order valence-corrected chi connectivity index (χ0v) is 22.7. The van der Waals surface area contributed by atoms with E-state index >= 15 is 0 Å². The minimum atomic E-state index is -0.404. The van der Waals surface area contributed by atoms with E-state index in [0.717, 1.165) is 11.3 Å². The first-order valence-electron chi connectivity index (χ1n) is 9.70. The maximum absolute atomic E-state index is 13.1. The van der Waals surface area contributed by atoms with Crippen molar-refractivity contribution in [2.45, 2.75) is 26.3 Å². The molecule has 0 fully saturated rings. The quantitative estimate of drug-likeness (QED) is 0.323. The molecule has 0 spiro atoms. The number of ether oxygens (including phenoxy) is 1. The predicted octanol–water partition coefficient (Wildman–Crippen LogP) is 6.42. The lowest BCUT2D eigenvalue weighted by Gasteiger charge is -2.26. The third-order valence-corrected chi connectivity index (χ3v) is 6.57. The maximum atomic E-state index is 13.1. The van der Waals surface area contributed by atoms with Gasteiger partial charge in [-0.15, -0.1) is 0 Å². The Hall–Kier alpha value is -1.42. The van der Waals surface area contributed by atoms with Crippen molar-refractivity contribution in [1.29, 1.82) is 0 Å². The molecule has 0 bridgehead atoms. The van der Waals surface area contributed by atoms with Crippen molar-refractivity contribution in [3.63, 3.8) is 0 Å². The van der Waals surface area contributed by atoms with E-state index in [0.29, 0.717) is 26.1 Å². The van der Waals surface area contributed by atoms with Gasteiger partial charge < -0.3 is 15.4 Å². The van der Waals surface area contributed by atoms with Gasteiger partial charge in [-0.05, 0) is 91.6 Å². The number of halogens is 3. The number of carbonyl (C=O) groups excluding carboxylic acids is 2. The Labute approximate surface area is 216 Å². The van der Waals surface area contributed by atoms with Crippen LogP contribution in [0.3, 0.4) is 0 Å². The van der Waals surface area contributed by atoms with Crippen molar-refractivity contribution in [3.05, 3.63) is 67.2 Å².